The third kappa shape index (κ3) is 8.76. The molecule has 0 saturated carbocycles. The number of rotatable bonds is 14. The number of aliphatic hydroxyl groups is 2. The number of ether oxygens (including phenoxy) is 2. The Morgan fingerprint density at radius 1 is 1.15 bits per heavy atom. The van der Waals surface area contributed by atoms with E-state index in [4.69, 9.17) is 30.3 Å². The lowest BCUT2D eigenvalue weighted by Crippen LogP contribution is -2.47. The van der Waals surface area contributed by atoms with Crippen molar-refractivity contribution < 1.29 is 37.9 Å². The molecule has 1 unspecified atom stereocenters. The smallest absolute Gasteiger partial charge is 0.330 e. The van der Waals surface area contributed by atoms with Crippen LogP contribution in [0.4, 0.5) is 4.39 Å². The van der Waals surface area contributed by atoms with Crippen LogP contribution in [-0.2, 0) is 30.6 Å². The molecule has 0 fully saturated rings. The number of halogens is 1. The summed E-state index contributed by atoms with van der Waals surface area (Å²) >= 11 is 5.64. The molecule has 0 radical (unpaired) electrons. The summed E-state index contributed by atoms with van der Waals surface area (Å²) in [6, 6.07) is 12.5. The third-order valence-electron chi connectivity index (χ3n) is 5.71. The van der Waals surface area contributed by atoms with Gasteiger partial charge in [-0.25, -0.2) is 14.3 Å². The zero-order valence-electron chi connectivity index (χ0n) is 22.9. The van der Waals surface area contributed by atoms with Crippen LogP contribution in [0.2, 0.25) is 0 Å². The van der Waals surface area contributed by atoms with Crippen LogP contribution in [0.25, 0.3) is 10.8 Å². The number of H-pyrrole nitrogens is 1. The molecule has 0 saturated heterocycles. The molecule has 1 heterocycles. The first-order valence-corrected chi connectivity index (χ1v) is 15.3. The Morgan fingerprint density at radius 3 is 2.44 bits per heavy atom. The van der Waals surface area contributed by atoms with Crippen molar-refractivity contribution in [2.24, 2.45) is 0 Å². The van der Waals surface area contributed by atoms with Crippen molar-refractivity contribution in [2.45, 2.75) is 58.0 Å². The number of nitrogens with zero attached hydrogens (tertiary/aromatic N) is 1. The van der Waals surface area contributed by atoms with Crippen LogP contribution in [-0.4, -0.2) is 63.1 Å². The summed E-state index contributed by atoms with van der Waals surface area (Å²) in [5.74, 6) is -3.43. The standard InChI is InChI=1S/C26H33FN3O9PS/c1-16(2)37-24(34)17(3)29-40(41,39-21-10-9-19-7-5-6-8-20(19)13-21)36-15-26(27,18(4)32)38-23(14-31)30-12-11-22(33)28-25(30)35/h5-13,16-18,23,31-32H,14-15H2,1-4H3,(H,29,41)(H,28,33,35)/t17-,18-,23+,26+,40?/m0/s1. The number of aliphatic hydroxyl groups excluding tert-OH is 2. The molecule has 15 heteroatoms. The van der Waals surface area contributed by atoms with Crippen molar-refractivity contribution in [3.05, 3.63) is 75.6 Å². The molecule has 12 nitrogen and oxygen atoms in total. The third-order valence-corrected chi connectivity index (χ3v) is 8.19. The molecule has 1 aromatic heterocycles. The molecule has 0 aliphatic carbocycles. The van der Waals surface area contributed by atoms with Gasteiger partial charge in [-0.1, -0.05) is 30.3 Å². The minimum atomic E-state index is -3.78. The number of carbonyl (C=O) groups is 1. The molecule has 2 aromatic carbocycles. The van der Waals surface area contributed by atoms with Crippen molar-refractivity contribution >= 4 is 35.2 Å². The minimum Gasteiger partial charge on any atom is -0.462 e. The van der Waals surface area contributed by atoms with Crippen LogP contribution in [0.5, 0.6) is 5.75 Å². The van der Waals surface area contributed by atoms with Gasteiger partial charge in [-0.2, -0.15) is 0 Å². The number of esters is 1. The Bertz CT molecular complexity index is 1520. The van der Waals surface area contributed by atoms with Gasteiger partial charge in [0.1, 0.15) is 24.5 Å². The number of alkyl halides is 1. The number of hydrogen-bond donors (Lipinski definition) is 4. The van der Waals surface area contributed by atoms with E-state index >= 15 is 4.39 Å². The lowest BCUT2D eigenvalue weighted by molar-refractivity contribution is -0.263. The molecule has 0 aliphatic rings. The predicted octanol–water partition coefficient (Wildman–Crippen LogP) is 2.49. The van der Waals surface area contributed by atoms with E-state index in [0.717, 1.165) is 34.5 Å². The number of hydrogen-bond acceptors (Lipinski definition) is 10. The monoisotopic (exact) mass is 613 g/mol. The fraction of sp³-hybridized carbons (Fsp3) is 0.423. The Hall–Kier alpha value is -2.97. The maximum atomic E-state index is 16.1. The number of benzene rings is 2. The van der Waals surface area contributed by atoms with Crippen LogP contribution in [0, 0.1) is 0 Å². The van der Waals surface area contributed by atoms with Gasteiger partial charge in [-0.15, -0.1) is 0 Å². The molecular weight excluding hydrogens is 580 g/mol. The summed E-state index contributed by atoms with van der Waals surface area (Å²) in [4.78, 5) is 38.1. The number of carbonyl (C=O) groups excluding carboxylic acids is 1. The molecule has 3 aromatic rings. The first-order chi connectivity index (χ1) is 19.2. The van der Waals surface area contributed by atoms with Crippen molar-refractivity contribution in [1.29, 1.82) is 0 Å². The SMILES string of the molecule is CC(C)OC(=O)[C@H](C)NP(=S)(OC[C@@](F)(O[C@H](CO)n1ccc(=O)[nH]c1=O)[C@H](C)O)Oc1ccc2ccccc2c1. The highest BCUT2D eigenvalue weighted by Gasteiger charge is 2.43. The maximum absolute atomic E-state index is 16.1. The van der Waals surface area contributed by atoms with Gasteiger partial charge < -0.3 is 28.7 Å². The second-order valence-electron chi connectivity index (χ2n) is 9.44. The summed E-state index contributed by atoms with van der Waals surface area (Å²) in [6.45, 7) is 0.165. The van der Waals surface area contributed by atoms with Gasteiger partial charge in [0.05, 0.1) is 12.7 Å². The minimum absolute atomic E-state index is 0.263. The normalized spacial score (nSPS) is 16.9. The molecule has 41 heavy (non-hydrogen) atoms. The van der Waals surface area contributed by atoms with E-state index in [9.17, 15) is 24.6 Å². The summed E-state index contributed by atoms with van der Waals surface area (Å²) in [6.07, 6.45) is -2.93. The zero-order valence-corrected chi connectivity index (χ0v) is 24.6. The average molecular weight is 614 g/mol. The molecule has 0 bridgehead atoms. The number of fused-ring (bicyclic) bond motifs is 1. The first kappa shape index (κ1) is 32.5. The van der Waals surface area contributed by atoms with Crippen LogP contribution < -0.4 is 20.9 Å². The van der Waals surface area contributed by atoms with Gasteiger partial charge in [-0.3, -0.25) is 19.1 Å². The maximum Gasteiger partial charge on any atom is 0.330 e. The quantitative estimate of drug-likeness (QED) is 0.156. The first-order valence-electron chi connectivity index (χ1n) is 12.6. The number of nitrogens with one attached hydrogen (secondary N) is 2. The van der Waals surface area contributed by atoms with Gasteiger partial charge in [0.25, 0.3) is 11.4 Å². The van der Waals surface area contributed by atoms with Crippen molar-refractivity contribution in [2.75, 3.05) is 13.2 Å². The van der Waals surface area contributed by atoms with E-state index in [0.29, 0.717) is 0 Å². The van der Waals surface area contributed by atoms with Crippen LogP contribution >= 0.6 is 6.64 Å². The second-order valence-corrected chi connectivity index (χ2v) is 12.6. The lowest BCUT2D eigenvalue weighted by atomic mass is 10.1. The van der Waals surface area contributed by atoms with Gasteiger partial charge in [0.2, 0.25) is 0 Å². The predicted molar refractivity (Wildman–Crippen MR) is 153 cm³/mol. The van der Waals surface area contributed by atoms with E-state index < -0.39 is 67.4 Å². The molecule has 3 rings (SSSR count). The summed E-state index contributed by atoms with van der Waals surface area (Å²) in [5, 5.41) is 24.6. The molecule has 0 spiro atoms. The van der Waals surface area contributed by atoms with E-state index in [1.165, 1.54) is 6.92 Å². The van der Waals surface area contributed by atoms with Crippen molar-refractivity contribution in [3.63, 3.8) is 0 Å². The lowest BCUT2D eigenvalue weighted by Gasteiger charge is -2.34. The molecule has 0 amide bonds. The van der Waals surface area contributed by atoms with Gasteiger partial charge in [0, 0.05) is 12.3 Å². The zero-order chi connectivity index (χ0) is 30.4. The Labute approximate surface area is 240 Å². The van der Waals surface area contributed by atoms with Crippen LogP contribution in [0.1, 0.15) is 33.9 Å². The van der Waals surface area contributed by atoms with E-state index in [2.05, 4.69) is 5.09 Å². The number of aromatic amines is 1. The molecule has 0 aliphatic heterocycles. The molecule has 5 atom stereocenters. The highest BCUT2D eigenvalue weighted by atomic mass is 32.5. The fourth-order valence-electron chi connectivity index (χ4n) is 3.57. The topological polar surface area (TPSA) is 161 Å². The van der Waals surface area contributed by atoms with E-state index in [1.807, 2.05) is 29.2 Å². The molecule has 4 N–H and O–H groups in total. The Kier molecular flexibility index (Phi) is 11.0. The second kappa shape index (κ2) is 13.8. The highest BCUT2D eigenvalue weighted by molar-refractivity contribution is 8.09. The average Bonchev–Trinajstić information content (AvgIpc) is 2.90. The van der Waals surface area contributed by atoms with Crippen molar-refractivity contribution in [1.82, 2.24) is 14.6 Å². The highest BCUT2D eigenvalue weighted by Crippen LogP contribution is 2.47. The van der Waals surface area contributed by atoms with E-state index in [1.54, 1.807) is 32.0 Å². The Morgan fingerprint density at radius 2 is 1.83 bits per heavy atom. The largest absolute Gasteiger partial charge is 0.462 e. The van der Waals surface area contributed by atoms with Gasteiger partial charge >= 0.3 is 18.3 Å². The van der Waals surface area contributed by atoms with Crippen LogP contribution in [0.15, 0.2) is 64.3 Å². The van der Waals surface area contributed by atoms with Crippen LogP contribution in [0.3, 0.4) is 0 Å². The number of aromatic nitrogens is 2. The fourth-order valence-corrected chi connectivity index (χ4v) is 5.95. The molecule has 224 valence electrons. The summed E-state index contributed by atoms with van der Waals surface area (Å²) in [7, 11) is 0. The Balaban J connectivity index is 1.90. The van der Waals surface area contributed by atoms with Gasteiger partial charge in [-0.05, 0) is 62.4 Å². The van der Waals surface area contributed by atoms with Gasteiger partial charge in [0.15, 0.2) is 6.23 Å². The van der Waals surface area contributed by atoms with E-state index in [-0.39, 0.29) is 5.75 Å². The summed E-state index contributed by atoms with van der Waals surface area (Å²) < 4.78 is 39.1. The summed E-state index contributed by atoms with van der Waals surface area (Å²) in [5.41, 5.74) is -1.69. The molecular formula is C26H33FN3O9PS. The van der Waals surface area contributed by atoms with Crippen molar-refractivity contribution in [3.8, 4) is 5.75 Å².